The summed E-state index contributed by atoms with van der Waals surface area (Å²) < 4.78 is 12.4. The third kappa shape index (κ3) is 2.82. The van der Waals surface area contributed by atoms with E-state index < -0.39 is 0 Å². The quantitative estimate of drug-likeness (QED) is 0.713. The fourth-order valence-electron chi connectivity index (χ4n) is 4.00. The van der Waals surface area contributed by atoms with Crippen LogP contribution >= 0.6 is 0 Å². The van der Waals surface area contributed by atoms with E-state index in [2.05, 4.69) is 44.2 Å². The maximum absolute atomic E-state index is 6.42. The fraction of sp³-hybridized carbons (Fsp3) is 0.364. The molecule has 0 saturated heterocycles. The smallest absolute Gasteiger partial charge is 0.123 e. The lowest BCUT2D eigenvalue weighted by Gasteiger charge is -2.45. The summed E-state index contributed by atoms with van der Waals surface area (Å²) in [5, 5.41) is 0. The molecule has 0 spiro atoms. The molecule has 124 valence electrons. The van der Waals surface area contributed by atoms with Crippen LogP contribution in [0.1, 0.15) is 37.8 Å². The second-order valence-electron chi connectivity index (χ2n) is 7.20. The minimum atomic E-state index is -0.0573. The topological polar surface area (TPSA) is 18.5 Å². The maximum atomic E-state index is 6.42. The van der Waals surface area contributed by atoms with Crippen LogP contribution < -0.4 is 9.47 Å². The molecule has 2 aromatic carbocycles. The number of hydrogen-bond acceptors (Lipinski definition) is 2. The molecule has 0 fully saturated rings. The molecule has 2 atom stereocenters. The molecule has 0 amide bonds. The third-order valence-corrected chi connectivity index (χ3v) is 5.44. The Kier molecular flexibility index (Phi) is 3.84. The normalized spacial score (nSPS) is 25.1. The second-order valence-corrected chi connectivity index (χ2v) is 7.20. The van der Waals surface area contributed by atoms with Crippen molar-refractivity contribution in [2.45, 2.75) is 45.3 Å². The van der Waals surface area contributed by atoms with Crippen molar-refractivity contribution in [3.63, 3.8) is 0 Å². The highest BCUT2D eigenvalue weighted by Gasteiger charge is 2.42. The third-order valence-electron chi connectivity index (χ3n) is 5.44. The highest BCUT2D eigenvalue weighted by molar-refractivity contribution is 5.44. The van der Waals surface area contributed by atoms with Gasteiger partial charge in [-0.15, -0.1) is 0 Å². The summed E-state index contributed by atoms with van der Waals surface area (Å²) in [6.07, 6.45) is 5.63. The van der Waals surface area contributed by atoms with Gasteiger partial charge in [0.15, 0.2) is 0 Å². The summed E-state index contributed by atoms with van der Waals surface area (Å²) in [7, 11) is 0. The molecule has 4 rings (SSSR count). The van der Waals surface area contributed by atoms with E-state index in [1.807, 2.05) is 24.3 Å². The Balaban J connectivity index is 1.54. The van der Waals surface area contributed by atoms with Gasteiger partial charge in [0.1, 0.15) is 23.7 Å². The number of hydrogen-bond donors (Lipinski definition) is 0. The molecule has 24 heavy (non-hydrogen) atoms. The van der Waals surface area contributed by atoms with Crippen molar-refractivity contribution in [2.75, 3.05) is 0 Å². The van der Waals surface area contributed by atoms with Gasteiger partial charge in [0.2, 0.25) is 0 Å². The molecule has 1 aliphatic carbocycles. The van der Waals surface area contributed by atoms with Gasteiger partial charge in [0, 0.05) is 5.92 Å². The van der Waals surface area contributed by atoms with Crippen LogP contribution in [-0.2, 0) is 13.0 Å². The van der Waals surface area contributed by atoms with Crippen molar-refractivity contribution in [2.24, 2.45) is 5.92 Å². The summed E-state index contributed by atoms with van der Waals surface area (Å²) in [4.78, 5) is 0. The van der Waals surface area contributed by atoms with E-state index in [4.69, 9.17) is 9.47 Å². The van der Waals surface area contributed by atoms with Crippen LogP contribution in [0.2, 0.25) is 0 Å². The standard InChI is InChI=1S/C22H24O2/c1-16-7-6-12-22(2)20(16)14-18-13-19(10-11-21(18)24-22)23-15-17-8-4-3-5-9-17/h3-5,7-11,13,20H,6,12,14-15H2,1-2H3/t20-,22-/m0/s1. The van der Waals surface area contributed by atoms with Crippen LogP contribution in [0.5, 0.6) is 11.5 Å². The Morgan fingerprint density at radius 3 is 2.83 bits per heavy atom. The Morgan fingerprint density at radius 2 is 2.00 bits per heavy atom. The fourth-order valence-corrected chi connectivity index (χ4v) is 4.00. The molecule has 2 aromatic rings. The maximum Gasteiger partial charge on any atom is 0.123 e. The van der Waals surface area contributed by atoms with Crippen molar-refractivity contribution in [3.8, 4) is 11.5 Å². The van der Waals surface area contributed by atoms with E-state index in [9.17, 15) is 0 Å². The Hall–Kier alpha value is -2.22. The lowest BCUT2D eigenvalue weighted by molar-refractivity contribution is 0.0120. The van der Waals surface area contributed by atoms with Crippen LogP contribution in [-0.4, -0.2) is 5.60 Å². The Bertz CT molecular complexity index is 763. The first-order valence-corrected chi connectivity index (χ1v) is 8.79. The van der Waals surface area contributed by atoms with Crippen molar-refractivity contribution in [3.05, 3.63) is 71.3 Å². The summed E-state index contributed by atoms with van der Waals surface area (Å²) in [6.45, 7) is 5.10. The molecule has 1 aliphatic heterocycles. The van der Waals surface area contributed by atoms with Gasteiger partial charge in [-0.05, 0) is 62.4 Å². The first-order valence-electron chi connectivity index (χ1n) is 8.79. The highest BCUT2D eigenvalue weighted by Crippen LogP contribution is 2.45. The minimum Gasteiger partial charge on any atom is -0.489 e. The molecule has 0 radical (unpaired) electrons. The van der Waals surface area contributed by atoms with Crippen LogP contribution in [0.15, 0.2) is 60.2 Å². The van der Waals surface area contributed by atoms with Gasteiger partial charge in [0.05, 0.1) is 0 Å². The van der Waals surface area contributed by atoms with E-state index in [1.165, 1.54) is 16.7 Å². The highest BCUT2D eigenvalue weighted by atomic mass is 16.5. The van der Waals surface area contributed by atoms with Crippen LogP contribution in [0.3, 0.4) is 0 Å². The summed E-state index contributed by atoms with van der Waals surface area (Å²) in [6, 6.07) is 16.5. The second kappa shape index (κ2) is 6.01. The monoisotopic (exact) mass is 320 g/mol. The summed E-state index contributed by atoms with van der Waals surface area (Å²) in [5.41, 5.74) is 3.85. The van der Waals surface area contributed by atoms with Gasteiger partial charge in [-0.2, -0.15) is 0 Å². The number of allylic oxidation sites excluding steroid dienone is 1. The first kappa shape index (κ1) is 15.3. The van der Waals surface area contributed by atoms with Crippen LogP contribution in [0.4, 0.5) is 0 Å². The van der Waals surface area contributed by atoms with Crippen LogP contribution in [0.25, 0.3) is 0 Å². The SMILES string of the molecule is CC1=CCC[C@]2(C)Oc3ccc(OCc4ccccc4)cc3C[C@@H]12. The zero-order valence-corrected chi connectivity index (χ0v) is 14.4. The van der Waals surface area contributed by atoms with E-state index >= 15 is 0 Å². The lowest BCUT2D eigenvalue weighted by Crippen LogP contribution is -2.47. The van der Waals surface area contributed by atoms with E-state index in [-0.39, 0.29) is 5.60 Å². The van der Waals surface area contributed by atoms with Crippen molar-refractivity contribution >= 4 is 0 Å². The average Bonchev–Trinajstić information content (AvgIpc) is 2.59. The van der Waals surface area contributed by atoms with Gasteiger partial charge in [0.25, 0.3) is 0 Å². The Morgan fingerprint density at radius 1 is 1.17 bits per heavy atom. The van der Waals surface area contributed by atoms with Gasteiger partial charge in [-0.3, -0.25) is 0 Å². The molecule has 2 aliphatic rings. The molecular formula is C22H24O2. The van der Waals surface area contributed by atoms with Crippen molar-refractivity contribution < 1.29 is 9.47 Å². The largest absolute Gasteiger partial charge is 0.489 e. The molecule has 0 aromatic heterocycles. The molecule has 0 N–H and O–H groups in total. The van der Waals surface area contributed by atoms with Crippen molar-refractivity contribution in [1.82, 2.24) is 0 Å². The number of benzene rings is 2. The molecule has 0 unspecified atom stereocenters. The predicted octanol–water partition coefficient (Wildman–Crippen LogP) is 5.32. The van der Waals surface area contributed by atoms with E-state index in [1.54, 1.807) is 0 Å². The molecular weight excluding hydrogens is 296 g/mol. The zero-order valence-electron chi connectivity index (χ0n) is 14.4. The molecule has 1 heterocycles. The van der Waals surface area contributed by atoms with E-state index in [0.29, 0.717) is 12.5 Å². The van der Waals surface area contributed by atoms with Crippen molar-refractivity contribution in [1.29, 1.82) is 0 Å². The lowest BCUT2D eigenvalue weighted by atomic mass is 9.71. The van der Waals surface area contributed by atoms with E-state index in [0.717, 1.165) is 30.8 Å². The molecule has 2 nitrogen and oxygen atoms in total. The van der Waals surface area contributed by atoms with Gasteiger partial charge in [-0.1, -0.05) is 42.0 Å². The van der Waals surface area contributed by atoms with Gasteiger partial charge in [-0.25, -0.2) is 0 Å². The van der Waals surface area contributed by atoms with Crippen LogP contribution in [0, 0.1) is 5.92 Å². The number of fused-ring (bicyclic) bond motifs is 2. The molecule has 0 bridgehead atoms. The number of rotatable bonds is 3. The molecule has 0 saturated carbocycles. The first-order chi connectivity index (χ1) is 11.6. The average molecular weight is 320 g/mol. The summed E-state index contributed by atoms with van der Waals surface area (Å²) >= 11 is 0. The molecule has 2 heteroatoms. The number of ether oxygens (including phenoxy) is 2. The predicted molar refractivity (Wildman–Crippen MR) is 96.4 cm³/mol. The van der Waals surface area contributed by atoms with Gasteiger partial charge >= 0.3 is 0 Å². The van der Waals surface area contributed by atoms with Gasteiger partial charge < -0.3 is 9.47 Å². The minimum absolute atomic E-state index is 0.0573. The Labute approximate surface area is 144 Å². The zero-order chi connectivity index (χ0) is 16.6. The summed E-state index contributed by atoms with van der Waals surface area (Å²) in [5.74, 6) is 2.42.